The Morgan fingerprint density at radius 3 is 3.08 bits per heavy atom. The average Bonchev–Trinajstić information content (AvgIpc) is 3.33. The van der Waals surface area contributed by atoms with Crippen molar-refractivity contribution >= 4 is 11.3 Å². The standard InChI is InChI=1S/C18H27N5O2S/c1-11(2)15-8-20-17(26-15)9-19-7-13-5-12(6-14(13)24)18-22-21-16-10-25-4-3-23(16)18/h8,11-14,19,24H,3-7,9-10H2,1-2H3/t12-,13+,14+/m1/s1. The molecule has 1 aliphatic carbocycles. The first-order chi connectivity index (χ1) is 12.6. The van der Waals surface area contributed by atoms with E-state index in [9.17, 15) is 5.11 Å². The molecule has 0 spiro atoms. The van der Waals surface area contributed by atoms with Gasteiger partial charge in [0.25, 0.3) is 0 Å². The summed E-state index contributed by atoms with van der Waals surface area (Å²) in [5.74, 6) is 2.98. The van der Waals surface area contributed by atoms with E-state index in [4.69, 9.17) is 4.74 Å². The van der Waals surface area contributed by atoms with Gasteiger partial charge in [-0.25, -0.2) is 4.98 Å². The fourth-order valence-corrected chi connectivity index (χ4v) is 4.78. The van der Waals surface area contributed by atoms with Gasteiger partial charge in [-0.2, -0.15) is 0 Å². The van der Waals surface area contributed by atoms with Crippen molar-refractivity contribution in [1.29, 1.82) is 0 Å². The quantitative estimate of drug-likeness (QED) is 0.801. The summed E-state index contributed by atoms with van der Waals surface area (Å²) in [5.41, 5.74) is 0. The van der Waals surface area contributed by atoms with Crippen molar-refractivity contribution in [2.24, 2.45) is 5.92 Å². The second-order valence-electron chi connectivity index (χ2n) is 7.62. The van der Waals surface area contributed by atoms with Gasteiger partial charge in [0, 0.05) is 36.6 Å². The van der Waals surface area contributed by atoms with E-state index in [1.54, 1.807) is 11.3 Å². The van der Waals surface area contributed by atoms with Gasteiger partial charge < -0.3 is 19.7 Å². The summed E-state index contributed by atoms with van der Waals surface area (Å²) < 4.78 is 7.62. The van der Waals surface area contributed by atoms with E-state index in [0.29, 0.717) is 19.1 Å². The predicted octanol–water partition coefficient (Wildman–Crippen LogP) is 2.03. The summed E-state index contributed by atoms with van der Waals surface area (Å²) in [4.78, 5) is 5.81. The number of nitrogens with zero attached hydrogens (tertiary/aromatic N) is 4. The Hall–Kier alpha value is -1.35. The molecule has 4 rings (SSSR count). The van der Waals surface area contributed by atoms with Crippen LogP contribution in [0.25, 0.3) is 0 Å². The lowest BCUT2D eigenvalue weighted by Gasteiger charge is -2.18. The molecule has 142 valence electrons. The van der Waals surface area contributed by atoms with Gasteiger partial charge >= 0.3 is 0 Å². The van der Waals surface area contributed by atoms with Gasteiger partial charge in [-0.05, 0) is 24.7 Å². The molecule has 3 heterocycles. The van der Waals surface area contributed by atoms with Crippen LogP contribution in [-0.2, 0) is 24.4 Å². The molecular formula is C18H27N5O2S. The van der Waals surface area contributed by atoms with Crippen molar-refractivity contribution in [3.63, 3.8) is 0 Å². The van der Waals surface area contributed by atoms with Crippen LogP contribution in [0.4, 0.5) is 0 Å². The van der Waals surface area contributed by atoms with Gasteiger partial charge in [0.05, 0.1) is 12.7 Å². The Labute approximate surface area is 157 Å². The maximum atomic E-state index is 10.5. The van der Waals surface area contributed by atoms with Gasteiger partial charge in [-0.3, -0.25) is 0 Å². The predicted molar refractivity (Wildman–Crippen MR) is 99.1 cm³/mol. The van der Waals surface area contributed by atoms with Crippen LogP contribution in [0, 0.1) is 5.92 Å². The average molecular weight is 378 g/mol. The number of aromatic nitrogens is 4. The summed E-state index contributed by atoms with van der Waals surface area (Å²) in [6.07, 6.45) is 3.40. The number of hydrogen-bond donors (Lipinski definition) is 2. The van der Waals surface area contributed by atoms with Crippen LogP contribution in [0.15, 0.2) is 6.20 Å². The lowest BCUT2D eigenvalue weighted by Crippen LogP contribution is -2.27. The van der Waals surface area contributed by atoms with E-state index < -0.39 is 0 Å². The minimum atomic E-state index is -0.289. The molecular weight excluding hydrogens is 350 g/mol. The number of fused-ring (bicyclic) bond motifs is 1. The molecule has 2 aromatic heterocycles. The third-order valence-corrected chi connectivity index (χ3v) is 6.69. The van der Waals surface area contributed by atoms with Crippen molar-refractivity contribution in [2.45, 2.75) is 64.3 Å². The summed E-state index contributed by atoms with van der Waals surface area (Å²) in [6, 6.07) is 0. The molecule has 2 aliphatic rings. The molecule has 2 aromatic rings. The molecule has 3 atom stereocenters. The van der Waals surface area contributed by atoms with E-state index in [1.165, 1.54) is 4.88 Å². The maximum Gasteiger partial charge on any atom is 0.159 e. The number of ether oxygens (including phenoxy) is 1. The number of aliphatic hydroxyl groups is 1. The number of rotatable bonds is 6. The summed E-state index contributed by atoms with van der Waals surface area (Å²) in [7, 11) is 0. The molecule has 26 heavy (non-hydrogen) atoms. The van der Waals surface area contributed by atoms with Crippen molar-refractivity contribution in [3.8, 4) is 0 Å². The molecule has 0 aromatic carbocycles. The van der Waals surface area contributed by atoms with Gasteiger partial charge in [-0.1, -0.05) is 13.8 Å². The van der Waals surface area contributed by atoms with Crippen LogP contribution in [-0.4, -0.2) is 44.1 Å². The third-order valence-electron chi connectivity index (χ3n) is 5.39. The zero-order chi connectivity index (χ0) is 18.1. The van der Waals surface area contributed by atoms with Crippen LogP contribution in [0.1, 0.15) is 60.1 Å². The Kier molecular flexibility index (Phi) is 5.35. The molecule has 8 heteroatoms. The lowest BCUT2D eigenvalue weighted by molar-refractivity contribution is 0.0801. The number of aliphatic hydroxyl groups excluding tert-OH is 1. The number of hydrogen-bond acceptors (Lipinski definition) is 7. The Morgan fingerprint density at radius 1 is 1.38 bits per heavy atom. The molecule has 1 saturated carbocycles. The minimum Gasteiger partial charge on any atom is -0.393 e. The van der Waals surface area contributed by atoms with Gasteiger partial charge in [0.15, 0.2) is 5.82 Å². The maximum absolute atomic E-state index is 10.5. The van der Waals surface area contributed by atoms with Gasteiger partial charge in [-0.15, -0.1) is 21.5 Å². The highest BCUT2D eigenvalue weighted by Crippen LogP contribution is 2.38. The smallest absolute Gasteiger partial charge is 0.159 e. The topological polar surface area (TPSA) is 85.1 Å². The molecule has 1 aliphatic heterocycles. The largest absolute Gasteiger partial charge is 0.393 e. The van der Waals surface area contributed by atoms with E-state index >= 15 is 0 Å². The summed E-state index contributed by atoms with van der Waals surface area (Å²) in [5, 5.41) is 23.7. The number of thiazole rings is 1. The second-order valence-corrected chi connectivity index (χ2v) is 8.76. The first-order valence-corrected chi connectivity index (χ1v) is 10.3. The molecule has 2 N–H and O–H groups in total. The minimum absolute atomic E-state index is 0.248. The van der Waals surface area contributed by atoms with E-state index in [1.807, 2.05) is 6.20 Å². The molecule has 1 fully saturated rings. The first-order valence-electron chi connectivity index (χ1n) is 9.45. The van der Waals surface area contributed by atoms with Crippen molar-refractivity contribution in [1.82, 2.24) is 25.1 Å². The van der Waals surface area contributed by atoms with Crippen LogP contribution >= 0.6 is 11.3 Å². The summed E-state index contributed by atoms with van der Waals surface area (Å²) in [6.45, 7) is 8.02. The molecule has 0 bridgehead atoms. The zero-order valence-corrected chi connectivity index (χ0v) is 16.2. The monoisotopic (exact) mass is 377 g/mol. The Bertz CT molecular complexity index is 744. The van der Waals surface area contributed by atoms with Crippen molar-refractivity contribution in [2.75, 3.05) is 13.2 Å². The molecule has 7 nitrogen and oxygen atoms in total. The molecule has 0 amide bonds. The van der Waals surface area contributed by atoms with Crippen molar-refractivity contribution < 1.29 is 9.84 Å². The van der Waals surface area contributed by atoms with E-state index in [0.717, 1.165) is 49.1 Å². The fourth-order valence-electron chi connectivity index (χ4n) is 3.89. The Balaban J connectivity index is 1.32. The van der Waals surface area contributed by atoms with Crippen LogP contribution < -0.4 is 5.32 Å². The normalized spacial score (nSPS) is 25.8. The highest BCUT2D eigenvalue weighted by atomic mass is 32.1. The summed E-state index contributed by atoms with van der Waals surface area (Å²) >= 11 is 1.77. The lowest BCUT2D eigenvalue weighted by atomic mass is 10.0. The molecule has 0 radical (unpaired) electrons. The van der Waals surface area contributed by atoms with Gasteiger partial charge in [0.1, 0.15) is 17.4 Å². The fraction of sp³-hybridized carbons (Fsp3) is 0.722. The number of nitrogens with one attached hydrogen (secondary N) is 1. The van der Waals surface area contributed by atoms with Crippen molar-refractivity contribution in [3.05, 3.63) is 27.7 Å². The van der Waals surface area contributed by atoms with E-state index in [-0.39, 0.29) is 17.9 Å². The highest BCUT2D eigenvalue weighted by Gasteiger charge is 2.36. The molecule has 0 saturated heterocycles. The molecule has 0 unspecified atom stereocenters. The third kappa shape index (κ3) is 3.69. The Morgan fingerprint density at radius 2 is 2.27 bits per heavy atom. The SMILES string of the molecule is CC(C)c1cnc(CNC[C@@H]2C[C@@H](c3nnc4n3CCOC4)C[C@@H]2O)s1. The van der Waals surface area contributed by atoms with E-state index in [2.05, 4.69) is 38.9 Å². The van der Waals surface area contributed by atoms with Crippen LogP contribution in [0.3, 0.4) is 0 Å². The van der Waals surface area contributed by atoms with Gasteiger partial charge in [0.2, 0.25) is 0 Å². The first kappa shape index (κ1) is 18.0. The highest BCUT2D eigenvalue weighted by molar-refractivity contribution is 7.11. The zero-order valence-electron chi connectivity index (χ0n) is 15.4. The van der Waals surface area contributed by atoms with Crippen LogP contribution in [0.5, 0.6) is 0 Å². The second kappa shape index (κ2) is 7.72. The van der Waals surface area contributed by atoms with Crippen LogP contribution in [0.2, 0.25) is 0 Å².